The van der Waals surface area contributed by atoms with E-state index in [-0.39, 0.29) is 11.5 Å². The molecule has 4 nitrogen and oxygen atoms in total. The molecule has 0 atom stereocenters. The third kappa shape index (κ3) is 4.35. The molecule has 1 heterocycles. The molecule has 3 rings (SSSR count). The average Bonchev–Trinajstić information content (AvgIpc) is 2.60. The summed E-state index contributed by atoms with van der Waals surface area (Å²) in [6, 6.07) is 15.9. The molecule has 2 N–H and O–H groups in total. The standard InChI is InChI=1S/C21H22N2O2/c1-14-3-6-16(7-4-14)13-22-20(24)10-8-17-12-18-11-15(2)5-9-19(18)23-21(17)25/h3-7,9,11-12H,8,10,13H2,1-2H3,(H,22,24)(H,23,25). The normalized spacial score (nSPS) is 10.8. The second-order valence-corrected chi connectivity index (χ2v) is 6.48. The summed E-state index contributed by atoms with van der Waals surface area (Å²) in [5, 5.41) is 3.90. The van der Waals surface area contributed by atoms with Crippen LogP contribution in [0.15, 0.2) is 53.3 Å². The minimum absolute atomic E-state index is 0.0516. The van der Waals surface area contributed by atoms with Gasteiger partial charge in [-0.3, -0.25) is 9.59 Å². The van der Waals surface area contributed by atoms with Gasteiger partial charge in [-0.15, -0.1) is 0 Å². The number of benzene rings is 2. The predicted octanol–water partition coefficient (Wildman–Crippen LogP) is 3.39. The highest BCUT2D eigenvalue weighted by Crippen LogP contribution is 2.14. The van der Waals surface area contributed by atoms with Crippen LogP contribution in [0.3, 0.4) is 0 Å². The van der Waals surface area contributed by atoms with Crippen LogP contribution in [0.2, 0.25) is 0 Å². The summed E-state index contributed by atoms with van der Waals surface area (Å²) in [5.41, 5.74) is 4.75. The number of amides is 1. The molecular weight excluding hydrogens is 312 g/mol. The van der Waals surface area contributed by atoms with Crippen LogP contribution in [0.5, 0.6) is 0 Å². The van der Waals surface area contributed by atoms with Crippen LogP contribution >= 0.6 is 0 Å². The number of nitrogens with one attached hydrogen (secondary N) is 2. The summed E-state index contributed by atoms with van der Waals surface area (Å²) in [7, 11) is 0. The second kappa shape index (κ2) is 7.34. The topological polar surface area (TPSA) is 62.0 Å². The van der Waals surface area contributed by atoms with E-state index in [1.807, 2.05) is 62.4 Å². The summed E-state index contributed by atoms with van der Waals surface area (Å²) in [6.07, 6.45) is 0.727. The van der Waals surface area contributed by atoms with Crippen molar-refractivity contribution >= 4 is 16.8 Å². The largest absolute Gasteiger partial charge is 0.352 e. The van der Waals surface area contributed by atoms with Gasteiger partial charge in [0.2, 0.25) is 5.91 Å². The van der Waals surface area contributed by atoms with Gasteiger partial charge in [0.1, 0.15) is 0 Å². The zero-order valence-corrected chi connectivity index (χ0v) is 14.6. The third-order valence-electron chi connectivity index (χ3n) is 4.31. The molecule has 3 aromatic rings. The number of carbonyl (C=O) groups excluding carboxylic acids is 1. The van der Waals surface area contributed by atoms with Crippen LogP contribution in [0.4, 0.5) is 0 Å². The Bertz CT molecular complexity index is 956. The van der Waals surface area contributed by atoms with E-state index in [1.165, 1.54) is 5.56 Å². The van der Waals surface area contributed by atoms with E-state index in [1.54, 1.807) is 0 Å². The number of aromatic amines is 1. The number of pyridine rings is 1. The van der Waals surface area contributed by atoms with Crippen molar-refractivity contribution in [1.82, 2.24) is 10.3 Å². The van der Waals surface area contributed by atoms with Gasteiger partial charge >= 0.3 is 0 Å². The number of H-pyrrole nitrogens is 1. The molecule has 0 aliphatic carbocycles. The monoisotopic (exact) mass is 334 g/mol. The fraction of sp³-hybridized carbons (Fsp3) is 0.238. The predicted molar refractivity (Wildman–Crippen MR) is 101 cm³/mol. The number of hydrogen-bond acceptors (Lipinski definition) is 2. The van der Waals surface area contributed by atoms with Gasteiger partial charge in [0.05, 0.1) is 0 Å². The maximum absolute atomic E-state index is 12.2. The zero-order chi connectivity index (χ0) is 17.8. The quantitative estimate of drug-likeness (QED) is 0.751. The number of rotatable bonds is 5. The first-order chi connectivity index (χ1) is 12.0. The first-order valence-corrected chi connectivity index (χ1v) is 8.46. The van der Waals surface area contributed by atoms with E-state index in [2.05, 4.69) is 10.3 Å². The molecule has 0 aliphatic rings. The number of fused-ring (bicyclic) bond motifs is 1. The lowest BCUT2D eigenvalue weighted by Gasteiger charge is -2.07. The SMILES string of the molecule is Cc1ccc(CNC(=O)CCc2cc3cc(C)ccc3[nH]c2=O)cc1. The first kappa shape index (κ1) is 17.0. The van der Waals surface area contributed by atoms with Crippen molar-refractivity contribution in [2.24, 2.45) is 0 Å². The molecule has 2 aromatic carbocycles. The van der Waals surface area contributed by atoms with Gasteiger partial charge in [-0.1, -0.05) is 41.5 Å². The van der Waals surface area contributed by atoms with Crippen molar-refractivity contribution in [1.29, 1.82) is 0 Å². The zero-order valence-electron chi connectivity index (χ0n) is 14.6. The molecule has 1 aromatic heterocycles. The highest BCUT2D eigenvalue weighted by molar-refractivity contribution is 5.80. The fourth-order valence-corrected chi connectivity index (χ4v) is 2.80. The third-order valence-corrected chi connectivity index (χ3v) is 4.31. The fourth-order valence-electron chi connectivity index (χ4n) is 2.80. The van der Waals surface area contributed by atoms with Gasteiger partial charge in [-0.05, 0) is 49.4 Å². The highest BCUT2D eigenvalue weighted by atomic mass is 16.1. The summed E-state index contributed by atoms with van der Waals surface area (Å²) in [4.78, 5) is 27.1. The van der Waals surface area contributed by atoms with E-state index in [0.29, 0.717) is 24.9 Å². The van der Waals surface area contributed by atoms with Crippen LogP contribution in [0.1, 0.15) is 28.7 Å². The van der Waals surface area contributed by atoms with Gasteiger partial charge in [0.15, 0.2) is 0 Å². The minimum atomic E-state index is -0.123. The Hall–Kier alpha value is -2.88. The molecule has 0 bridgehead atoms. The van der Waals surface area contributed by atoms with Gasteiger partial charge in [0.25, 0.3) is 5.56 Å². The molecule has 0 spiro atoms. The minimum Gasteiger partial charge on any atom is -0.352 e. The van der Waals surface area contributed by atoms with Crippen molar-refractivity contribution in [3.63, 3.8) is 0 Å². The Morgan fingerprint density at radius 1 is 1.00 bits per heavy atom. The summed E-state index contributed by atoms with van der Waals surface area (Å²) < 4.78 is 0. The Morgan fingerprint density at radius 2 is 1.72 bits per heavy atom. The van der Waals surface area contributed by atoms with Crippen molar-refractivity contribution in [3.8, 4) is 0 Å². The Morgan fingerprint density at radius 3 is 2.48 bits per heavy atom. The Kier molecular flexibility index (Phi) is 4.98. The molecule has 25 heavy (non-hydrogen) atoms. The van der Waals surface area contributed by atoms with Crippen molar-refractivity contribution in [2.75, 3.05) is 0 Å². The van der Waals surface area contributed by atoms with Crippen molar-refractivity contribution in [3.05, 3.63) is 81.1 Å². The van der Waals surface area contributed by atoms with E-state index < -0.39 is 0 Å². The lowest BCUT2D eigenvalue weighted by atomic mass is 10.1. The van der Waals surface area contributed by atoms with Crippen LogP contribution < -0.4 is 10.9 Å². The van der Waals surface area contributed by atoms with Gasteiger partial charge in [-0.25, -0.2) is 0 Å². The van der Waals surface area contributed by atoms with Gasteiger partial charge in [0, 0.05) is 24.0 Å². The van der Waals surface area contributed by atoms with Crippen molar-refractivity contribution < 1.29 is 4.79 Å². The highest BCUT2D eigenvalue weighted by Gasteiger charge is 2.07. The van der Waals surface area contributed by atoms with Gasteiger partial charge < -0.3 is 10.3 Å². The maximum atomic E-state index is 12.2. The van der Waals surface area contributed by atoms with E-state index in [0.717, 1.165) is 22.0 Å². The molecule has 0 aliphatic heterocycles. The molecule has 0 unspecified atom stereocenters. The lowest BCUT2D eigenvalue weighted by Crippen LogP contribution is -2.24. The number of hydrogen-bond donors (Lipinski definition) is 2. The molecular formula is C21H22N2O2. The molecule has 1 amide bonds. The number of carbonyl (C=O) groups is 1. The summed E-state index contributed by atoms with van der Waals surface area (Å²) >= 11 is 0. The molecule has 128 valence electrons. The van der Waals surface area contributed by atoms with Crippen LogP contribution in [-0.4, -0.2) is 10.9 Å². The molecule has 0 saturated carbocycles. The maximum Gasteiger partial charge on any atom is 0.251 e. The Labute approximate surface area is 146 Å². The van der Waals surface area contributed by atoms with Gasteiger partial charge in [-0.2, -0.15) is 0 Å². The van der Waals surface area contributed by atoms with Crippen LogP contribution in [0.25, 0.3) is 10.9 Å². The number of aromatic nitrogens is 1. The first-order valence-electron chi connectivity index (χ1n) is 8.46. The van der Waals surface area contributed by atoms with Crippen molar-refractivity contribution in [2.45, 2.75) is 33.2 Å². The number of aryl methyl sites for hydroxylation is 3. The van der Waals surface area contributed by atoms with Crippen LogP contribution in [-0.2, 0) is 17.8 Å². The van der Waals surface area contributed by atoms with E-state index in [9.17, 15) is 9.59 Å². The smallest absolute Gasteiger partial charge is 0.251 e. The molecule has 0 radical (unpaired) electrons. The van der Waals surface area contributed by atoms with Crippen LogP contribution in [0, 0.1) is 13.8 Å². The molecule has 0 saturated heterocycles. The Balaban J connectivity index is 1.61. The van der Waals surface area contributed by atoms with E-state index in [4.69, 9.17) is 0 Å². The average molecular weight is 334 g/mol. The lowest BCUT2D eigenvalue weighted by molar-refractivity contribution is -0.121. The van der Waals surface area contributed by atoms with E-state index >= 15 is 0 Å². The second-order valence-electron chi connectivity index (χ2n) is 6.48. The molecule has 0 fully saturated rings. The summed E-state index contributed by atoms with van der Waals surface area (Å²) in [6.45, 7) is 4.56. The molecule has 4 heteroatoms. The summed E-state index contributed by atoms with van der Waals surface area (Å²) in [5.74, 6) is -0.0516.